The summed E-state index contributed by atoms with van der Waals surface area (Å²) in [6.45, 7) is 0.380. The number of fused-ring (bicyclic) bond motifs is 2. The van der Waals surface area contributed by atoms with Gasteiger partial charge in [-0.3, -0.25) is 4.79 Å². The van der Waals surface area contributed by atoms with Crippen molar-refractivity contribution in [3.05, 3.63) is 101 Å². The molecule has 0 saturated carbocycles. The molecule has 5 rings (SSSR count). The van der Waals surface area contributed by atoms with Crippen LogP contribution in [0.2, 0.25) is 0 Å². The van der Waals surface area contributed by atoms with Gasteiger partial charge < -0.3 is 15.3 Å². The number of rotatable bonds is 9. The van der Waals surface area contributed by atoms with Crippen LogP contribution in [0.3, 0.4) is 0 Å². The molecule has 36 heavy (non-hydrogen) atoms. The molecule has 2 heterocycles. The van der Waals surface area contributed by atoms with E-state index in [1.54, 1.807) is 12.1 Å². The third-order valence-corrected chi connectivity index (χ3v) is 8.22. The van der Waals surface area contributed by atoms with Gasteiger partial charge in [-0.15, -0.1) is 0 Å². The SMILES string of the molecule is O=C(NCCc1c[nH]c2ccccc12)C(Cc1c[nH]c2ccccc12)NS(=O)(=O)c1ccc(Br)cc1. The lowest BCUT2D eigenvalue weighted by Gasteiger charge is -2.19. The van der Waals surface area contributed by atoms with Gasteiger partial charge in [-0.1, -0.05) is 52.3 Å². The largest absolute Gasteiger partial charge is 0.361 e. The number of halogens is 1. The highest BCUT2D eigenvalue weighted by Gasteiger charge is 2.27. The maximum Gasteiger partial charge on any atom is 0.241 e. The van der Waals surface area contributed by atoms with Gasteiger partial charge in [0, 0.05) is 45.2 Å². The molecule has 3 aromatic carbocycles. The zero-order valence-electron chi connectivity index (χ0n) is 19.3. The fourth-order valence-electron chi connectivity index (χ4n) is 4.36. The third-order valence-electron chi connectivity index (χ3n) is 6.21. The third kappa shape index (κ3) is 5.23. The molecule has 7 nitrogen and oxygen atoms in total. The van der Waals surface area contributed by atoms with E-state index in [0.29, 0.717) is 13.0 Å². The van der Waals surface area contributed by atoms with E-state index < -0.39 is 16.1 Å². The quantitative estimate of drug-likeness (QED) is 0.209. The molecule has 184 valence electrons. The Hall–Kier alpha value is -3.40. The van der Waals surface area contributed by atoms with Gasteiger partial charge in [0.1, 0.15) is 6.04 Å². The van der Waals surface area contributed by atoms with Crippen LogP contribution in [-0.4, -0.2) is 36.9 Å². The highest BCUT2D eigenvalue weighted by Crippen LogP contribution is 2.21. The fourth-order valence-corrected chi connectivity index (χ4v) is 5.82. The predicted molar refractivity (Wildman–Crippen MR) is 145 cm³/mol. The monoisotopic (exact) mass is 564 g/mol. The topological polar surface area (TPSA) is 107 Å². The van der Waals surface area contributed by atoms with Crippen LogP contribution >= 0.6 is 15.9 Å². The standard InChI is InChI=1S/C27H25BrN4O3S/c28-20-9-11-21(12-10-20)36(34,35)32-26(15-19-17-31-25-8-4-2-6-23(19)25)27(33)29-14-13-18-16-30-24-7-3-1-5-22(18)24/h1-12,16-17,26,30-32H,13-15H2,(H,29,33). The summed E-state index contributed by atoms with van der Waals surface area (Å²) in [5.41, 5.74) is 3.93. The molecule has 4 N–H and O–H groups in total. The number of nitrogens with one attached hydrogen (secondary N) is 4. The molecular weight excluding hydrogens is 540 g/mol. The first kappa shape index (κ1) is 24.3. The highest BCUT2D eigenvalue weighted by molar-refractivity contribution is 9.10. The van der Waals surface area contributed by atoms with Crippen LogP contribution in [0.5, 0.6) is 0 Å². The van der Waals surface area contributed by atoms with Gasteiger partial charge in [0.15, 0.2) is 0 Å². The molecule has 0 bridgehead atoms. The number of H-pyrrole nitrogens is 2. The van der Waals surface area contributed by atoms with Crippen molar-refractivity contribution in [1.29, 1.82) is 0 Å². The van der Waals surface area contributed by atoms with Gasteiger partial charge in [0.2, 0.25) is 15.9 Å². The summed E-state index contributed by atoms with van der Waals surface area (Å²) < 4.78 is 29.7. The summed E-state index contributed by atoms with van der Waals surface area (Å²) in [7, 11) is -3.92. The lowest BCUT2D eigenvalue weighted by molar-refractivity contribution is -0.122. The summed E-state index contributed by atoms with van der Waals surface area (Å²) in [6.07, 6.45) is 4.59. The molecule has 1 unspecified atom stereocenters. The number of hydrogen-bond donors (Lipinski definition) is 4. The second kappa shape index (κ2) is 10.3. The summed E-state index contributed by atoms with van der Waals surface area (Å²) >= 11 is 3.32. The van der Waals surface area contributed by atoms with Gasteiger partial charge >= 0.3 is 0 Å². The van der Waals surface area contributed by atoms with Crippen LogP contribution in [0.4, 0.5) is 0 Å². The molecule has 1 amide bonds. The Labute approximate surface area is 217 Å². The Morgan fingerprint density at radius 1 is 0.833 bits per heavy atom. The van der Waals surface area contributed by atoms with Crippen molar-refractivity contribution >= 4 is 53.7 Å². The molecule has 0 saturated heterocycles. The average molecular weight is 565 g/mol. The first-order chi connectivity index (χ1) is 17.4. The van der Waals surface area contributed by atoms with E-state index in [4.69, 9.17) is 0 Å². The van der Waals surface area contributed by atoms with Crippen molar-refractivity contribution in [2.75, 3.05) is 6.54 Å². The van der Waals surface area contributed by atoms with Gasteiger partial charge in [-0.05, 0) is 60.4 Å². The van der Waals surface area contributed by atoms with E-state index in [1.165, 1.54) is 12.1 Å². The average Bonchev–Trinajstić information content (AvgIpc) is 3.48. The summed E-state index contributed by atoms with van der Waals surface area (Å²) in [5, 5.41) is 5.00. The molecule has 0 aliphatic carbocycles. The molecule has 0 radical (unpaired) electrons. The number of sulfonamides is 1. The Bertz CT molecular complexity index is 1620. The van der Waals surface area contributed by atoms with E-state index in [0.717, 1.165) is 37.4 Å². The minimum atomic E-state index is -3.92. The number of carbonyl (C=O) groups is 1. The van der Waals surface area contributed by atoms with E-state index in [-0.39, 0.29) is 17.2 Å². The zero-order valence-corrected chi connectivity index (χ0v) is 21.7. The van der Waals surface area contributed by atoms with Crippen molar-refractivity contribution < 1.29 is 13.2 Å². The minimum Gasteiger partial charge on any atom is -0.361 e. The molecule has 0 aliphatic heterocycles. The zero-order chi connectivity index (χ0) is 25.1. The van der Waals surface area contributed by atoms with E-state index in [2.05, 4.69) is 35.9 Å². The molecular formula is C27H25BrN4O3S. The number of aromatic nitrogens is 2. The molecule has 1 atom stereocenters. The second-order valence-electron chi connectivity index (χ2n) is 8.59. The van der Waals surface area contributed by atoms with Crippen molar-refractivity contribution in [2.24, 2.45) is 0 Å². The normalized spacial score (nSPS) is 12.7. The first-order valence-electron chi connectivity index (χ1n) is 11.6. The van der Waals surface area contributed by atoms with Gasteiger partial charge in [0.05, 0.1) is 4.90 Å². The Balaban J connectivity index is 1.35. The smallest absolute Gasteiger partial charge is 0.241 e. The molecule has 9 heteroatoms. The number of aromatic amines is 2. The van der Waals surface area contributed by atoms with E-state index in [1.807, 2.05) is 60.9 Å². The number of para-hydroxylation sites is 2. The van der Waals surface area contributed by atoms with Crippen molar-refractivity contribution in [2.45, 2.75) is 23.8 Å². The van der Waals surface area contributed by atoms with Gasteiger partial charge in [0.25, 0.3) is 0 Å². The second-order valence-corrected chi connectivity index (χ2v) is 11.2. The molecule has 2 aromatic heterocycles. The lowest BCUT2D eigenvalue weighted by atomic mass is 10.0. The number of amides is 1. The molecule has 5 aromatic rings. The lowest BCUT2D eigenvalue weighted by Crippen LogP contribution is -2.48. The number of hydrogen-bond acceptors (Lipinski definition) is 3. The minimum absolute atomic E-state index is 0.0984. The van der Waals surface area contributed by atoms with E-state index in [9.17, 15) is 13.2 Å². The van der Waals surface area contributed by atoms with E-state index >= 15 is 0 Å². The van der Waals surface area contributed by atoms with Crippen LogP contribution in [0.25, 0.3) is 21.8 Å². The number of benzene rings is 3. The van der Waals surface area contributed by atoms with Crippen LogP contribution < -0.4 is 10.0 Å². The maximum atomic E-state index is 13.3. The fraction of sp³-hybridized carbons (Fsp3) is 0.148. The van der Waals surface area contributed by atoms with Crippen LogP contribution in [0.1, 0.15) is 11.1 Å². The van der Waals surface area contributed by atoms with Crippen LogP contribution in [-0.2, 0) is 27.7 Å². The van der Waals surface area contributed by atoms with Gasteiger partial charge in [-0.2, -0.15) is 4.72 Å². The summed E-state index contributed by atoms with van der Waals surface area (Å²) in [6, 6.07) is 21.1. The van der Waals surface area contributed by atoms with Crippen molar-refractivity contribution in [1.82, 2.24) is 20.0 Å². The summed E-state index contributed by atoms with van der Waals surface area (Å²) in [5.74, 6) is -0.374. The Kier molecular flexibility index (Phi) is 6.95. The Morgan fingerprint density at radius 2 is 1.42 bits per heavy atom. The maximum absolute atomic E-state index is 13.3. The highest BCUT2D eigenvalue weighted by atomic mass is 79.9. The van der Waals surface area contributed by atoms with Crippen LogP contribution in [0.15, 0.2) is 94.6 Å². The first-order valence-corrected chi connectivity index (χ1v) is 13.8. The molecule has 0 fully saturated rings. The Morgan fingerprint density at radius 3 is 2.08 bits per heavy atom. The summed E-state index contributed by atoms with van der Waals surface area (Å²) in [4.78, 5) is 19.8. The van der Waals surface area contributed by atoms with Crippen molar-refractivity contribution in [3.63, 3.8) is 0 Å². The molecule has 0 spiro atoms. The molecule has 0 aliphatic rings. The number of carbonyl (C=O) groups excluding carboxylic acids is 1. The van der Waals surface area contributed by atoms with Crippen molar-refractivity contribution in [3.8, 4) is 0 Å². The van der Waals surface area contributed by atoms with Gasteiger partial charge in [-0.25, -0.2) is 8.42 Å². The van der Waals surface area contributed by atoms with Crippen LogP contribution in [0, 0.1) is 0 Å². The predicted octanol–water partition coefficient (Wildman–Crippen LogP) is 4.66.